The van der Waals surface area contributed by atoms with Gasteiger partial charge in [0.25, 0.3) is 0 Å². The molecular formula is C11H11NO2. The molecule has 0 saturated heterocycles. The van der Waals surface area contributed by atoms with E-state index < -0.39 is 5.92 Å². The molecule has 0 heterocycles. The first-order chi connectivity index (χ1) is 6.70. The number of para-hydroxylation sites is 1. The molecule has 0 amide bonds. The van der Waals surface area contributed by atoms with Crippen molar-refractivity contribution in [2.45, 2.75) is 12.8 Å². The number of carbonyl (C=O) groups is 1. The van der Waals surface area contributed by atoms with Crippen LogP contribution in [-0.4, -0.2) is 12.9 Å². The molecule has 14 heavy (non-hydrogen) atoms. The molecule has 0 aliphatic heterocycles. The number of methoxy groups -OCH3 is 1. The van der Waals surface area contributed by atoms with Gasteiger partial charge in [0, 0.05) is 5.56 Å². The Labute approximate surface area is 82.9 Å². The third-order valence-electron chi connectivity index (χ3n) is 1.99. The van der Waals surface area contributed by atoms with E-state index in [9.17, 15) is 4.79 Å². The van der Waals surface area contributed by atoms with Gasteiger partial charge in [0.05, 0.1) is 13.2 Å². The molecule has 0 N–H and O–H groups in total. The zero-order chi connectivity index (χ0) is 10.6. The molecule has 0 aliphatic carbocycles. The lowest BCUT2D eigenvalue weighted by molar-refractivity contribution is -0.117. The number of nitrogens with zero attached hydrogens (tertiary/aromatic N) is 1. The number of hydrogen-bond acceptors (Lipinski definition) is 3. The van der Waals surface area contributed by atoms with Gasteiger partial charge < -0.3 is 4.74 Å². The molecular weight excluding hydrogens is 178 g/mol. The summed E-state index contributed by atoms with van der Waals surface area (Å²) >= 11 is 0. The lowest BCUT2D eigenvalue weighted by Gasteiger charge is -2.10. The van der Waals surface area contributed by atoms with Gasteiger partial charge in [-0.25, -0.2) is 0 Å². The molecule has 1 rings (SSSR count). The highest BCUT2D eigenvalue weighted by Crippen LogP contribution is 2.26. The number of carbonyl (C=O) groups excluding carboxylic acids is 1. The Morgan fingerprint density at radius 3 is 2.64 bits per heavy atom. The van der Waals surface area contributed by atoms with Crippen molar-refractivity contribution in [1.82, 2.24) is 0 Å². The highest BCUT2D eigenvalue weighted by molar-refractivity contribution is 5.86. The van der Waals surface area contributed by atoms with Crippen molar-refractivity contribution in [3.63, 3.8) is 0 Å². The normalized spacial score (nSPS) is 11.5. The predicted molar refractivity (Wildman–Crippen MR) is 52.0 cm³/mol. The van der Waals surface area contributed by atoms with Crippen molar-refractivity contribution in [3.05, 3.63) is 29.8 Å². The number of ether oxygens (including phenoxy) is 1. The summed E-state index contributed by atoms with van der Waals surface area (Å²) in [5.74, 6) is -0.322. The quantitative estimate of drug-likeness (QED) is 0.729. The van der Waals surface area contributed by atoms with Gasteiger partial charge in [-0.15, -0.1) is 0 Å². The molecule has 0 spiro atoms. The van der Waals surface area contributed by atoms with Crippen LogP contribution in [0.1, 0.15) is 18.4 Å². The van der Waals surface area contributed by atoms with Crippen molar-refractivity contribution < 1.29 is 9.53 Å². The van der Waals surface area contributed by atoms with E-state index in [1.54, 1.807) is 24.3 Å². The highest BCUT2D eigenvalue weighted by Gasteiger charge is 2.19. The van der Waals surface area contributed by atoms with Gasteiger partial charge in [0.15, 0.2) is 5.78 Å². The van der Waals surface area contributed by atoms with Gasteiger partial charge in [-0.05, 0) is 13.0 Å². The molecule has 72 valence electrons. The average molecular weight is 189 g/mol. The molecule has 1 aromatic rings. The second-order valence-electron chi connectivity index (χ2n) is 2.91. The highest BCUT2D eigenvalue weighted by atomic mass is 16.5. The smallest absolute Gasteiger partial charge is 0.151 e. The van der Waals surface area contributed by atoms with E-state index in [1.165, 1.54) is 14.0 Å². The van der Waals surface area contributed by atoms with Gasteiger partial charge in [-0.1, -0.05) is 18.2 Å². The van der Waals surface area contributed by atoms with Crippen molar-refractivity contribution in [1.29, 1.82) is 5.26 Å². The Morgan fingerprint density at radius 2 is 2.14 bits per heavy atom. The van der Waals surface area contributed by atoms with E-state index in [0.29, 0.717) is 11.3 Å². The van der Waals surface area contributed by atoms with Crippen LogP contribution < -0.4 is 4.74 Å². The van der Waals surface area contributed by atoms with Crippen LogP contribution in [0.2, 0.25) is 0 Å². The van der Waals surface area contributed by atoms with E-state index in [0.717, 1.165) is 0 Å². The van der Waals surface area contributed by atoms with E-state index in [4.69, 9.17) is 10.00 Å². The van der Waals surface area contributed by atoms with Crippen LogP contribution in [0.5, 0.6) is 5.75 Å². The fourth-order valence-corrected chi connectivity index (χ4v) is 1.28. The van der Waals surface area contributed by atoms with Crippen LogP contribution in [0.25, 0.3) is 0 Å². The molecule has 0 aliphatic rings. The summed E-state index contributed by atoms with van der Waals surface area (Å²) in [6, 6.07) is 9.02. The zero-order valence-electron chi connectivity index (χ0n) is 8.15. The Balaban J connectivity index is 3.17. The largest absolute Gasteiger partial charge is 0.496 e. The lowest BCUT2D eigenvalue weighted by Crippen LogP contribution is -2.07. The summed E-state index contributed by atoms with van der Waals surface area (Å²) in [5.41, 5.74) is 0.630. The molecule has 3 nitrogen and oxygen atoms in total. The Hall–Kier alpha value is -1.82. The number of nitriles is 1. The SMILES string of the molecule is COc1ccccc1[C@@H](C#N)C(C)=O. The molecule has 0 fully saturated rings. The van der Waals surface area contributed by atoms with Crippen LogP contribution >= 0.6 is 0 Å². The molecule has 0 unspecified atom stereocenters. The second-order valence-corrected chi connectivity index (χ2v) is 2.91. The zero-order valence-corrected chi connectivity index (χ0v) is 8.15. The number of rotatable bonds is 3. The third-order valence-corrected chi connectivity index (χ3v) is 1.99. The monoisotopic (exact) mass is 189 g/mol. The van der Waals surface area contributed by atoms with Gasteiger partial charge in [0.2, 0.25) is 0 Å². The number of hydrogen-bond donors (Lipinski definition) is 0. The summed E-state index contributed by atoms with van der Waals surface area (Å²) in [4.78, 5) is 11.2. The minimum absolute atomic E-state index is 0.169. The predicted octanol–water partition coefficient (Wildman–Crippen LogP) is 1.89. The first-order valence-electron chi connectivity index (χ1n) is 4.23. The summed E-state index contributed by atoms with van der Waals surface area (Å²) in [6.07, 6.45) is 0. The Morgan fingerprint density at radius 1 is 1.50 bits per heavy atom. The first-order valence-corrected chi connectivity index (χ1v) is 4.23. The number of Topliss-reactive ketones (excluding diaryl/α,β-unsaturated/α-hetero) is 1. The maximum atomic E-state index is 11.2. The van der Waals surface area contributed by atoms with Gasteiger partial charge in [-0.2, -0.15) is 5.26 Å². The van der Waals surface area contributed by atoms with Crippen LogP contribution in [-0.2, 0) is 4.79 Å². The molecule has 1 aromatic carbocycles. The summed E-state index contributed by atoms with van der Waals surface area (Å²) in [5, 5.41) is 8.84. The van der Waals surface area contributed by atoms with E-state index >= 15 is 0 Å². The van der Waals surface area contributed by atoms with Gasteiger partial charge >= 0.3 is 0 Å². The molecule has 0 bridgehead atoms. The van der Waals surface area contributed by atoms with Crippen molar-refractivity contribution in [2.75, 3.05) is 7.11 Å². The maximum absolute atomic E-state index is 11.2. The second kappa shape index (κ2) is 4.43. The third kappa shape index (κ3) is 1.91. The van der Waals surface area contributed by atoms with Crippen LogP contribution in [0.15, 0.2) is 24.3 Å². The fraction of sp³-hybridized carbons (Fsp3) is 0.273. The summed E-state index contributed by atoms with van der Waals surface area (Å²) in [7, 11) is 1.52. The number of ketones is 1. The first kappa shape index (κ1) is 10.3. The maximum Gasteiger partial charge on any atom is 0.151 e. The van der Waals surface area contributed by atoms with E-state index in [1.807, 2.05) is 6.07 Å². The standard InChI is InChI=1S/C11H11NO2/c1-8(13)10(7-12)9-5-3-4-6-11(9)14-2/h3-6,10H,1-2H3/t10-/m0/s1. The van der Waals surface area contributed by atoms with E-state index in [-0.39, 0.29) is 5.78 Å². The van der Waals surface area contributed by atoms with Crippen LogP contribution in [0.4, 0.5) is 0 Å². The minimum atomic E-state index is -0.730. The molecule has 0 aromatic heterocycles. The molecule has 1 atom stereocenters. The van der Waals surface area contributed by atoms with Crippen molar-refractivity contribution >= 4 is 5.78 Å². The average Bonchev–Trinajstić information content (AvgIpc) is 2.19. The lowest BCUT2D eigenvalue weighted by atomic mass is 9.96. The number of benzene rings is 1. The fourth-order valence-electron chi connectivity index (χ4n) is 1.28. The minimum Gasteiger partial charge on any atom is -0.496 e. The molecule has 3 heteroatoms. The van der Waals surface area contributed by atoms with Crippen molar-refractivity contribution in [3.8, 4) is 11.8 Å². The van der Waals surface area contributed by atoms with E-state index in [2.05, 4.69) is 0 Å². The van der Waals surface area contributed by atoms with Gasteiger partial charge in [0.1, 0.15) is 11.7 Å². The van der Waals surface area contributed by atoms with Crippen LogP contribution in [0.3, 0.4) is 0 Å². The Kier molecular flexibility index (Phi) is 3.24. The molecule has 0 radical (unpaired) electrons. The van der Waals surface area contributed by atoms with Gasteiger partial charge in [-0.3, -0.25) is 4.79 Å². The van der Waals surface area contributed by atoms with Crippen LogP contribution in [0, 0.1) is 11.3 Å². The summed E-state index contributed by atoms with van der Waals surface area (Å²) in [6.45, 7) is 1.40. The van der Waals surface area contributed by atoms with Crippen molar-refractivity contribution in [2.24, 2.45) is 0 Å². The summed E-state index contributed by atoms with van der Waals surface area (Å²) < 4.78 is 5.07. The molecule has 0 saturated carbocycles. The topological polar surface area (TPSA) is 50.1 Å². The Bertz CT molecular complexity index is 379.